The highest BCUT2D eigenvalue weighted by atomic mass is 35.5. The van der Waals surface area contributed by atoms with E-state index in [4.69, 9.17) is 16.3 Å². The van der Waals surface area contributed by atoms with Crippen molar-refractivity contribution in [2.24, 2.45) is 0 Å². The number of esters is 1. The van der Waals surface area contributed by atoms with Crippen LogP contribution in [0.25, 0.3) is 0 Å². The fraction of sp³-hybridized carbons (Fsp3) is 0.467. The number of nitrogens with zero attached hydrogens (tertiary/aromatic N) is 1. The van der Waals surface area contributed by atoms with Crippen molar-refractivity contribution >= 4 is 33.5 Å². The third-order valence-electron chi connectivity index (χ3n) is 3.41. The lowest BCUT2D eigenvalue weighted by atomic mass is 10.2. The normalized spacial score (nSPS) is 12.7. The number of carbonyl (C=O) groups excluding carboxylic acids is 2. The van der Waals surface area contributed by atoms with E-state index >= 15 is 0 Å². The van der Waals surface area contributed by atoms with Crippen molar-refractivity contribution in [3.05, 3.63) is 28.8 Å². The first-order chi connectivity index (χ1) is 11.6. The second-order valence-corrected chi connectivity index (χ2v) is 7.53. The smallest absolute Gasteiger partial charge is 0.340 e. The summed E-state index contributed by atoms with van der Waals surface area (Å²) in [5, 5.41) is 2.65. The Morgan fingerprint density at radius 1 is 1.36 bits per heavy atom. The Morgan fingerprint density at radius 3 is 2.56 bits per heavy atom. The van der Waals surface area contributed by atoms with Crippen molar-refractivity contribution in [2.45, 2.75) is 31.2 Å². The number of sulfonamides is 1. The van der Waals surface area contributed by atoms with Gasteiger partial charge in [-0.3, -0.25) is 9.63 Å². The standard InChI is InChI=1S/C15H21ClN2O6S/c1-5-10(2)17-14(19)9-24-15(20)12-8-11(6-7-13(12)16)25(21,22)18(3)23-4/h6-8,10H,5,9H2,1-4H3,(H,17,19)/t10-/m1/s1. The average Bonchev–Trinajstić information content (AvgIpc) is 2.58. The van der Waals surface area contributed by atoms with Crippen LogP contribution in [0.3, 0.4) is 0 Å². The molecule has 1 rings (SSSR count). The van der Waals surface area contributed by atoms with Gasteiger partial charge in [0.15, 0.2) is 6.61 Å². The van der Waals surface area contributed by atoms with Crippen molar-refractivity contribution in [1.82, 2.24) is 9.79 Å². The number of nitrogens with one attached hydrogen (secondary N) is 1. The third kappa shape index (κ3) is 5.67. The summed E-state index contributed by atoms with van der Waals surface area (Å²) in [4.78, 5) is 28.2. The number of carbonyl (C=O) groups is 2. The Kier molecular flexibility index (Phi) is 7.81. The highest BCUT2D eigenvalue weighted by Gasteiger charge is 2.24. The first-order valence-corrected chi connectivity index (χ1v) is 9.24. The minimum absolute atomic E-state index is 0.00588. The molecule has 0 aromatic heterocycles. The quantitative estimate of drug-likeness (QED) is 0.532. The molecule has 0 aliphatic carbocycles. The van der Waals surface area contributed by atoms with E-state index in [2.05, 4.69) is 10.2 Å². The van der Waals surface area contributed by atoms with Crippen molar-refractivity contribution in [1.29, 1.82) is 0 Å². The van der Waals surface area contributed by atoms with Crippen LogP contribution in [0.2, 0.25) is 5.02 Å². The van der Waals surface area contributed by atoms with Crippen LogP contribution in [0.5, 0.6) is 0 Å². The molecule has 140 valence electrons. The van der Waals surface area contributed by atoms with E-state index in [-0.39, 0.29) is 21.5 Å². The molecule has 0 bridgehead atoms. The second kappa shape index (κ2) is 9.14. The van der Waals surface area contributed by atoms with Gasteiger partial charge >= 0.3 is 5.97 Å². The van der Waals surface area contributed by atoms with Gasteiger partial charge in [0.2, 0.25) is 0 Å². The van der Waals surface area contributed by atoms with Crippen LogP contribution in [-0.2, 0) is 24.4 Å². The predicted molar refractivity (Wildman–Crippen MR) is 91.6 cm³/mol. The topological polar surface area (TPSA) is 102 Å². The molecule has 0 saturated carbocycles. The first kappa shape index (κ1) is 21.4. The van der Waals surface area contributed by atoms with Crippen LogP contribution < -0.4 is 5.32 Å². The molecule has 8 nitrogen and oxygen atoms in total. The molecule has 1 atom stereocenters. The van der Waals surface area contributed by atoms with Gasteiger partial charge in [0.25, 0.3) is 15.9 Å². The zero-order chi connectivity index (χ0) is 19.2. The number of hydrogen-bond acceptors (Lipinski definition) is 6. The molecule has 1 aromatic rings. The molecule has 0 heterocycles. The Bertz CT molecular complexity index is 738. The van der Waals surface area contributed by atoms with E-state index in [0.29, 0.717) is 4.47 Å². The number of rotatable bonds is 8. The largest absolute Gasteiger partial charge is 0.452 e. The van der Waals surface area contributed by atoms with E-state index in [1.165, 1.54) is 26.3 Å². The number of halogens is 1. The maximum atomic E-state index is 12.2. The summed E-state index contributed by atoms with van der Waals surface area (Å²) in [6, 6.07) is 3.52. The van der Waals surface area contributed by atoms with Crippen LogP contribution in [0.4, 0.5) is 0 Å². The Balaban J connectivity index is 2.93. The summed E-state index contributed by atoms with van der Waals surface area (Å²) < 4.78 is 30.0. The van der Waals surface area contributed by atoms with Gasteiger partial charge in [0.05, 0.1) is 22.6 Å². The van der Waals surface area contributed by atoms with E-state index in [1.54, 1.807) is 0 Å². The summed E-state index contributed by atoms with van der Waals surface area (Å²) >= 11 is 5.94. The van der Waals surface area contributed by atoms with Gasteiger partial charge in [-0.2, -0.15) is 0 Å². The number of amides is 1. The zero-order valence-electron chi connectivity index (χ0n) is 14.4. The van der Waals surface area contributed by atoms with E-state index in [1.807, 2.05) is 13.8 Å². The van der Waals surface area contributed by atoms with Crippen LogP contribution >= 0.6 is 11.6 Å². The maximum Gasteiger partial charge on any atom is 0.340 e. The molecule has 10 heteroatoms. The van der Waals surface area contributed by atoms with E-state index in [0.717, 1.165) is 12.5 Å². The number of hydroxylamine groups is 1. The molecule has 25 heavy (non-hydrogen) atoms. The van der Waals surface area contributed by atoms with E-state index in [9.17, 15) is 18.0 Å². The summed E-state index contributed by atoms with van der Waals surface area (Å²) in [6.07, 6.45) is 0.735. The van der Waals surface area contributed by atoms with Gasteiger partial charge in [-0.25, -0.2) is 13.2 Å². The monoisotopic (exact) mass is 392 g/mol. The molecule has 0 aliphatic heterocycles. The summed E-state index contributed by atoms with van der Waals surface area (Å²) in [6.45, 7) is 3.23. The van der Waals surface area contributed by atoms with Gasteiger partial charge in [-0.1, -0.05) is 23.0 Å². The molecule has 0 saturated heterocycles. The van der Waals surface area contributed by atoms with Crippen LogP contribution in [0, 0.1) is 0 Å². The fourth-order valence-electron chi connectivity index (χ4n) is 1.70. The predicted octanol–water partition coefficient (Wildman–Crippen LogP) is 1.59. The lowest BCUT2D eigenvalue weighted by molar-refractivity contribution is -0.124. The summed E-state index contributed by atoms with van der Waals surface area (Å²) in [7, 11) is -1.54. The molecule has 0 unspecified atom stereocenters. The molecule has 0 fully saturated rings. The number of hydrogen-bond donors (Lipinski definition) is 1. The summed E-state index contributed by atoms with van der Waals surface area (Å²) in [5.41, 5.74) is -0.163. The number of benzene rings is 1. The minimum atomic E-state index is -3.95. The zero-order valence-corrected chi connectivity index (χ0v) is 16.0. The van der Waals surface area contributed by atoms with Gasteiger partial charge in [0, 0.05) is 13.1 Å². The van der Waals surface area contributed by atoms with Gasteiger partial charge in [0.1, 0.15) is 0 Å². The molecule has 0 spiro atoms. The first-order valence-electron chi connectivity index (χ1n) is 7.42. The molecule has 1 N–H and O–H groups in total. The van der Waals surface area contributed by atoms with Gasteiger partial charge in [-0.15, -0.1) is 0 Å². The lowest BCUT2D eigenvalue weighted by Gasteiger charge is -2.15. The van der Waals surface area contributed by atoms with Crippen molar-refractivity contribution in [3.63, 3.8) is 0 Å². The highest BCUT2D eigenvalue weighted by Crippen LogP contribution is 2.23. The maximum absolute atomic E-state index is 12.2. The molecule has 1 amide bonds. The molecular weight excluding hydrogens is 372 g/mol. The lowest BCUT2D eigenvalue weighted by Crippen LogP contribution is -2.35. The Hall–Kier alpha value is -1.68. The van der Waals surface area contributed by atoms with Crippen LogP contribution in [0.15, 0.2) is 23.1 Å². The van der Waals surface area contributed by atoms with Crippen molar-refractivity contribution < 1.29 is 27.6 Å². The Morgan fingerprint density at radius 2 is 2.00 bits per heavy atom. The fourth-order valence-corrected chi connectivity index (χ4v) is 2.89. The third-order valence-corrected chi connectivity index (χ3v) is 5.41. The minimum Gasteiger partial charge on any atom is -0.452 e. The van der Waals surface area contributed by atoms with E-state index < -0.39 is 28.5 Å². The van der Waals surface area contributed by atoms with Gasteiger partial charge in [-0.05, 0) is 31.5 Å². The molecule has 0 aliphatic rings. The molecular formula is C15H21ClN2O6S. The van der Waals surface area contributed by atoms with Crippen LogP contribution in [-0.4, -0.2) is 51.6 Å². The van der Waals surface area contributed by atoms with Gasteiger partial charge < -0.3 is 10.1 Å². The number of ether oxygens (including phenoxy) is 1. The second-order valence-electron chi connectivity index (χ2n) is 5.19. The van der Waals surface area contributed by atoms with Crippen LogP contribution in [0.1, 0.15) is 30.6 Å². The van der Waals surface area contributed by atoms with Crippen molar-refractivity contribution in [2.75, 3.05) is 20.8 Å². The highest BCUT2D eigenvalue weighted by molar-refractivity contribution is 7.89. The Labute approximate surface area is 152 Å². The molecule has 1 aromatic carbocycles. The molecule has 0 radical (unpaired) electrons. The SMILES string of the molecule is CC[C@@H](C)NC(=O)COC(=O)c1cc(S(=O)(=O)N(C)OC)ccc1Cl. The average molecular weight is 393 g/mol. The van der Waals surface area contributed by atoms with Crippen molar-refractivity contribution in [3.8, 4) is 0 Å². The summed E-state index contributed by atoms with van der Waals surface area (Å²) in [5.74, 6) is -1.36.